The summed E-state index contributed by atoms with van der Waals surface area (Å²) in [6.45, 7) is 3.62. The molecule has 0 spiro atoms. The Kier molecular flexibility index (Phi) is 9.37. The van der Waals surface area contributed by atoms with Gasteiger partial charge in [-0.1, -0.05) is 51.9 Å². The fourth-order valence-corrected chi connectivity index (χ4v) is 2.27. The van der Waals surface area contributed by atoms with Crippen molar-refractivity contribution in [3.05, 3.63) is 23.8 Å². The third-order valence-corrected chi connectivity index (χ3v) is 3.52. The molecule has 0 amide bonds. The molecule has 5 nitrogen and oxygen atoms in total. The maximum Gasteiger partial charge on any atom is 0.339 e. The van der Waals surface area contributed by atoms with E-state index >= 15 is 0 Å². The quantitative estimate of drug-likeness (QED) is 0.578. The minimum Gasteiger partial charge on any atom is -0.478 e. The van der Waals surface area contributed by atoms with E-state index in [9.17, 15) is 4.79 Å². The molecule has 118 valence electrons. The van der Waals surface area contributed by atoms with Crippen LogP contribution in [0.25, 0.3) is 0 Å². The third kappa shape index (κ3) is 7.75. The molecule has 1 heterocycles. The van der Waals surface area contributed by atoms with Gasteiger partial charge in [0.05, 0.1) is 5.69 Å². The summed E-state index contributed by atoms with van der Waals surface area (Å²) in [5, 5.41) is 12.3. The minimum atomic E-state index is -0.973. The van der Waals surface area contributed by atoms with Gasteiger partial charge in [-0.25, -0.2) is 14.8 Å². The van der Waals surface area contributed by atoms with E-state index < -0.39 is 5.97 Å². The van der Waals surface area contributed by atoms with Gasteiger partial charge in [-0.2, -0.15) is 0 Å². The minimum absolute atomic E-state index is 0.181. The van der Waals surface area contributed by atoms with E-state index in [1.54, 1.807) is 0 Å². The predicted octanol–water partition coefficient (Wildman–Crippen LogP) is 3.41. The fraction of sp³-hybridized carbons (Fsp3) is 0.688. The number of aromatic carboxylic acids is 1. The first-order valence-corrected chi connectivity index (χ1v) is 7.98. The van der Waals surface area contributed by atoms with E-state index in [1.807, 2.05) is 0 Å². The molecule has 0 radical (unpaired) electrons. The van der Waals surface area contributed by atoms with Gasteiger partial charge in [-0.3, -0.25) is 0 Å². The van der Waals surface area contributed by atoms with Crippen LogP contribution in [-0.4, -0.2) is 27.6 Å². The molecule has 1 aromatic heterocycles. The van der Waals surface area contributed by atoms with E-state index in [0.29, 0.717) is 12.2 Å². The lowest BCUT2D eigenvalue weighted by atomic mass is 10.1. The van der Waals surface area contributed by atoms with Crippen LogP contribution in [0.5, 0.6) is 0 Å². The van der Waals surface area contributed by atoms with Gasteiger partial charge in [-0.15, -0.1) is 0 Å². The third-order valence-electron chi connectivity index (χ3n) is 3.52. The molecule has 5 heteroatoms. The van der Waals surface area contributed by atoms with Crippen LogP contribution in [0.1, 0.15) is 74.3 Å². The Bertz CT molecular complexity index is 410. The average Bonchev–Trinajstić information content (AvgIpc) is 2.49. The summed E-state index contributed by atoms with van der Waals surface area (Å²) in [6.07, 6.45) is 13.1. The average molecular weight is 293 g/mol. The normalized spacial score (nSPS) is 10.7. The summed E-state index contributed by atoms with van der Waals surface area (Å²) in [6, 6.07) is 0. The Hall–Kier alpha value is -1.49. The van der Waals surface area contributed by atoms with Gasteiger partial charge in [-0.05, 0) is 13.0 Å². The molecular weight excluding hydrogens is 266 g/mol. The van der Waals surface area contributed by atoms with Gasteiger partial charge in [0.2, 0.25) is 0 Å². The van der Waals surface area contributed by atoms with Crippen LogP contribution in [0.2, 0.25) is 0 Å². The van der Waals surface area contributed by atoms with Crippen molar-refractivity contribution in [1.29, 1.82) is 0 Å². The molecule has 0 saturated carbocycles. The van der Waals surface area contributed by atoms with E-state index in [-0.39, 0.29) is 5.56 Å². The van der Waals surface area contributed by atoms with Crippen molar-refractivity contribution in [2.45, 2.75) is 64.8 Å². The number of nitrogens with zero attached hydrogens (tertiary/aromatic N) is 2. The van der Waals surface area contributed by atoms with Crippen LogP contribution >= 0.6 is 0 Å². The smallest absolute Gasteiger partial charge is 0.339 e. The molecule has 2 N–H and O–H groups in total. The lowest BCUT2D eigenvalue weighted by Crippen LogP contribution is -2.18. The van der Waals surface area contributed by atoms with Gasteiger partial charge >= 0.3 is 5.97 Å². The van der Waals surface area contributed by atoms with Crippen molar-refractivity contribution in [2.24, 2.45) is 0 Å². The second-order valence-corrected chi connectivity index (χ2v) is 5.34. The Morgan fingerprint density at radius 2 is 1.81 bits per heavy atom. The number of carbonyl (C=O) groups is 1. The predicted molar refractivity (Wildman–Crippen MR) is 83.3 cm³/mol. The van der Waals surface area contributed by atoms with Crippen LogP contribution in [0.4, 0.5) is 0 Å². The molecule has 0 aromatic carbocycles. The van der Waals surface area contributed by atoms with Gasteiger partial charge < -0.3 is 10.4 Å². The number of aromatic nitrogens is 2. The molecule has 0 aliphatic rings. The van der Waals surface area contributed by atoms with Crippen molar-refractivity contribution >= 4 is 5.97 Å². The molecule has 0 aliphatic heterocycles. The van der Waals surface area contributed by atoms with Crippen molar-refractivity contribution in [2.75, 3.05) is 6.54 Å². The summed E-state index contributed by atoms with van der Waals surface area (Å²) < 4.78 is 0. The number of unbranched alkanes of at least 4 members (excludes halogenated alkanes) is 7. The Labute approximate surface area is 127 Å². The highest BCUT2D eigenvalue weighted by molar-refractivity contribution is 5.88. The van der Waals surface area contributed by atoms with Gasteiger partial charge in [0.25, 0.3) is 0 Å². The van der Waals surface area contributed by atoms with E-state index in [1.165, 1.54) is 57.5 Å². The molecule has 0 bridgehead atoms. The summed E-state index contributed by atoms with van der Waals surface area (Å²) in [4.78, 5) is 18.8. The van der Waals surface area contributed by atoms with Crippen molar-refractivity contribution < 1.29 is 9.90 Å². The molecule has 0 saturated heterocycles. The second kappa shape index (κ2) is 11.2. The zero-order valence-corrected chi connectivity index (χ0v) is 13.0. The van der Waals surface area contributed by atoms with E-state index in [0.717, 1.165) is 13.0 Å². The first kappa shape index (κ1) is 17.6. The summed E-state index contributed by atoms with van der Waals surface area (Å²) in [7, 11) is 0. The van der Waals surface area contributed by atoms with Crippen LogP contribution in [0.15, 0.2) is 12.5 Å². The molecular formula is C16H27N3O2. The maximum absolute atomic E-state index is 11.0. The highest BCUT2D eigenvalue weighted by Crippen LogP contribution is 2.08. The molecule has 0 fully saturated rings. The largest absolute Gasteiger partial charge is 0.478 e. The van der Waals surface area contributed by atoms with E-state index in [2.05, 4.69) is 22.2 Å². The molecule has 1 aromatic rings. The highest BCUT2D eigenvalue weighted by Gasteiger charge is 2.10. The van der Waals surface area contributed by atoms with Crippen LogP contribution in [-0.2, 0) is 6.54 Å². The Morgan fingerprint density at radius 1 is 1.14 bits per heavy atom. The number of rotatable bonds is 12. The maximum atomic E-state index is 11.0. The number of hydrogen-bond donors (Lipinski definition) is 2. The zero-order chi connectivity index (χ0) is 15.3. The van der Waals surface area contributed by atoms with E-state index in [4.69, 9.17) is 5.11 Å². The topological polar surface area (TPSA) is 75.1 Å². The fourth-order valence-electron chi connectivity index (χ4n) is 2.27. The van der Waals surface area contributed by atoms with Gasteiger partial charge in [0.1, 0.15) is 11.9 Å². The van der Waals surface area contributed by atoms with Crippen LogP contribution in [0, 0.1) is 0 Å². The molecule has 21 heavy (non-hydrogen) atoms. The standard InChI is InChI=1S/C16H27N3O2/c1-2-3-4-5-6-7-8-9-10-17-12-15-14(16(20)21)11-18-13-19-15/h11,13,17H,2-10,12H2,1H3,(H,20,21). The molecule has 0 atom stereocenters. The Balaban J connectivity index is 2.06. The SMILES string of the molecule is CCCCCCCCCCNCc1ncncc1C(=O)O. The number of carboxylic acid groups (broad SMARTS) is 1. The highest BCUT2D eigenvalue weighted by atomic mass is 16.4. The molecule has 0 aliphatic carbocycles. The summed E-state index contributed by atoms with van der Waals surface area (Å²) >= 11 is 0. The Morgan fingerprint density at radius 3 is 2.48 bits per heavy atom. The van der Waals surface area contributed by atoms with Crippen LogP contribution < -0.4 is 5.32 Å². The molecule has 0 unspecified atom stereocenters. The second-order valence-electron chi connectivity index (χ2n) is 5.34. The van der Waals surface area contributed by atoms with Crippen molar-refractivity contribution in [3.8, 4) is 0 Å². The van der Waals surface area contributed by atoms with Crippen LogP contribution in [0.3, 0.4) is 0 Å². The first-order valence-electron chi connectivity index (χ1n) is 7.98. The zero-order valence-electron chi connectivity index (χ0n) is 13.0. The lowest BCUT2D eigenvalue weighted by Gasteiger charge is -2.06. The summed E-state index contributed by atoms with van der Waals surface area (Å²) in [5.41, 5.74) is 0.734. The summed E-state index contributed by atoms with van der Waals surface area (Å²) in [5.74, 6) is -0.973. The van der Waals surface area contributed by atoms with Gasteiger partial charge in [0, 0.05) is 12.7 Å². The van der Waals surface area contributed by atoms with Gasteiger partial charge in [0.15, 0.2) is 0 Å². The van der Waals surface area contributed by atoms with Crippen molar-refractivity contribution in [3.63, 3.8) is 0 Å². The molecule has 1 rings (SSSR count). The first-order chi connectivity index (χ1) is 10.3. The number of carboxylic acids is 1. The number of hydrogen-bond acceptors (Lipinski definition) is 4. The number of nitrogens with one attached hydrogen (secondary N) is 1. The van der Waals surface area contributed by atoms with Crippen molar-refractivity contribution in [1.82, 2.24) is 15.3 Å². The monoisotopic (exact) mass is 293 g/mol. The lowest BCUT2D eigenvalue weighted by molar-refractivity contribution is 0.0694.